The third-order valence-corrected chi connectivity index (χ3v) is 6.92. The van der Waals surface area contributed by atoms with Crippen molar-refractivity contribution in [1.29, 1.82) is 0 Å². The van der Waals surface area contributed by atoms with Crippen LogP contribution in [-0.4, -0.2) is 8.07 Å². The molecule has 0 aliphatic heterocycles. The van der Waals surface area contributed by atoms with Crippen molar-refractivity contribution in [2.24, 2.45) is 0 Å². The highest BCUT2D eigenvalue weighted by Crippen LogP contribution is 2.20. The molecule has 0 unspecified atom stereocenters. The molecule has 0 radical (unpaired) electrons. The lowest BCUT2D eigenvalue weighted by Gasteiger charge is -2.12. The number of rotatable bonds is 2. The Balaban J connectivity index is 2.92. The summed E-state index contributed by atoms with van der Waals surface area (Å²) < 4.78 is 1.63. The Bertz CT molecular complexity index is 255. The van der Waals surface area contributed by atoms with Gasteiger partial charge in [0.1, 0.15) is 0 Å². The lowest BCUT2D eigenvalue weighted by Crippen LogP contribution is -2.34. The standard InChI is InChI=1S/C10H18SSi/c1-8(2)9-6-7-10(11-9)12(3,4)5/h6-8H,1-5H3. The summed E-state index contributed by atoms with van der Waals surface area (Å²) in [7, 11) is -1.04. The van der Waals surface area contributed by atoms with Gasteiger partial charge in [0.2, 0.25) is 0 Å². The van der Waals surface area contributed by atoms with Crippen LogP contribution < -0.4 is 4.50 Å². The van der Waals surface area contributed by atoms with Crippen LogP contribution in [-0.2, 0) is 0 Å². The van der Waals surface area contributed by atoms with E-state index in [0.717, 1.165) is 0 Å². The third-order valence-electron chi connectivity index (χ3n) is 1.94. The second-order valence-electron chi connectivity index (χ2n) is 4.61. The molecule has 1 aromatic rings. The van der Waals surface area contributed by atoms with E-state index in [2.05, 4.69) is 45.6 Å². The predicted molar refractivity (Wildman–Crippen MR) is 61.4 cm³/mol. The molecule has 0 atom stereocenters. The van der Waals surface area contributed by atoms with Crippen molar-refractivity contribution in [1.82, 2.24) is 0 Å². The van der Waals surface area contributed by atoms with Gasteiger partial charge < -0.3 is 0 Å². The van der Waals surface area contributed by atoms with Crippen molar-refractivity contribution < 1.29 is 0 Å². The Morgan fingerprint density at radius 1 is 1.17 bits per heavy atom. The molecule has 0 N–H and O–H groups in total. The minimum Gasteiger partial charge on any atom is -0.150 e. The van der Waals surface area contributed by atoms with Gasteiger partial charge in [0.25, 0.3) is 0 Å². The zero-order valence-corrected chi connectivity index (χ0v) is 10.5. The van der Waals surface area contributed by atoms with Crippen molar-refractivity contribution >= 4 is 23.9 Å². The summed E-state index contributed by atoms with van der Waals surface area (Å²) in [5, 5.41) is 0. The zero-order chi connectivity index (χ0) is 9.35. The fraction of sp³-hybridized carbons (Fsp3) is 0.600. The van der Waals surface area contributed by atoms with Gasteiger partial charge in [-0.2, -0.15) is 0 Å². The molecule has 1 heterocycles. The van der Waals surface area contributed by atoms with Gasteiger partial charge in [0.15, 0.2) is 0 Å². The van der Waals surface area contributed by atoms with Crippen LogP contribution in [0.1, 0.15) is 24.6 Å². The largest absolute Gasteiger partial charge is 0.150 e. The molecule has 1 rings (SSSR count). The Kier molecular flexibility index (Phi) is 2.79. The Morgan fingerprint density at radius 2 is 1.75 bits per heavy atom. The first-order chi connectivity index (χ1) is 5.41. The molecule has 0 nitrogen and oxygen atoms in total. The van der Waals surface area contributed by atoms with E-state index in [4.69, 9.17) is 0 Å². The van der Waals surface area contributed by atoms with E-state index in [1.807, 2.05) is 11.3 Å². The number of hydrogen-bond acceptors (Lipinski definition) is 1. The highest BCUT2D eigenvalue weighted by molar-refractivity contribution is 7.26. The first-order valence-electron chi connectivity index (χ1n) is 4.51. The fourth-order valence-electron chi connectivity index (χ4n) is 1.07. The normalized spacial score (nSPS) is 12.5. The molecular weight excluding hydrogens is 180 g/mol. The molecule has 0 spiro atoms. The van der Waals surface area contributed by atoms with Crippen LogP contribution in [0, 0.1) is 0 Å². The van der Waals surface area contributed by atoms with Crippen LogP contribution >= 0.6 is 11.3 Å². The number of thiophene rings is 1. The van der Waals surface area contributed by atoms with Gasteiger partial charge in [0, 0.05) is 4.88 Å². The molecule has 0 amide bonds. The SMILES string of the molecule is CC(C)c1ccc([Si](C)(C)C)s1. The molecular formula is C10H18SSi. The van der Waals surface area contributed by atoms with Crippen LogP contribution in [0.3, 0.4) is 0 Å². The summed E-state index contributed by atoms with van der Waals surface area (Å²) in [6, 6.07) is 4.62. The van der Waals surface area contributed by atoms with Crippen molar-refractivity contribution in [2.75, 3.05) is 0 Å². The van der Waals surface area contributed by atoms with E-state index in [1.54, 1.807) is 4.50 Å². The van der Waals surface area contributed by atoms with Crippen LogP contribution in [0.4, 0.5) is 0 Å². The van der Waals surface area contributed by atoms with Crippen LogP contribution in [0.25, 0.3) is 0 Å². The Morgan fingerprint density at radius 3 is 2.00 bits per heavy atom. The number of hydrogen-bond donors (Lipinski definition) is 0. The van der Waals surface area contributed by atoms with Gasteiger partial charge >= 0.3 is 0 Å². The summed E-state index contributed by atoms with van der Waals surface area (Å²) >= 11 is 2.01. The van der Waals surface area contributed by atoms with E-state index >= 15 is 0 Å². The van der Waals surface area contributed by atoms with Gasteiger partial charge in [-0.05, 0) is 16.5 Å². The molecule has 0 aliphatic carbocycles. The van der Waals surface area contributed by atoms with Gasteiger partial charge in [0.05, 0.1) is 8.07 Å². The van der Waals surface area contributed by atoms with Gasteiger partial charge in [-0.15, -0.1) is 11.3 Å². The maximum absolute atomic E-state index is 2.41. The van der Waals surface area contributed by atoms with E-state index in [-0.39, 0.29) is 0 Å². The van der Waals surface area contributed by atoms with Crippen molar-refractivity contribution in [3.8, 4) is 0 Å². The van der Waals surface area contributed by atoms with Crippen LogP contribution in [0.5, 0.6) is 0 Å². The lowest BCUT2D eigenvalue weighted by atomic mass is 10.2. The summed E-state index contributed by atoms with van der Waals surface area (Å²) in [5.41, 5.74) is 0. The first kappa shape index (κ1) is 10.0. The minimum absolute atomic E-state index is 0.695. The molecule has 0 bridgehead atoms. The van der Waals surface area contributed by atoms with Crippen molar-refractivity contribution in [2.45, 2.75) is 39.4 Å². The molecule has 12 heavy (non-hydrogen) atoms. The molecule has 0 aliphatic rings. The average Bonchev–Trinajstić information content (AvgIpc) is 2.30. The maximum Gasteiger partial charge on any atom is 0.0904 e. The van der Waals surface area contributed by atoms with Gasteiger partial charge in [-0.3, -0.25) is 0 Å². The second-order valence-corrected chi connectivity index (χ2v) is 11.1. The van der Waals surface area contributed by atoms with Gasteiger partial charge in [-0.25, -0.2) is 0 Å². The quantitative estimate of drug-likeness (QED) is 0.639. The van der Waals surface area contributed by atoms with E-state index in [1.165, 1.54) is 4.88 Å². The molecule has 0 aromatic carbocycles. The zero-order valence-electron chi connectivity index (χ0n) is 8.64. The van der Waals surface area contributed by atoms with E-state index in [0.29, 0.717) is 5.92 Å². The fourth-order valence-corrected chi connectivity index (χ4v) is 3.99. The topological polar surface area (TPSA) is 0 Å². The summed E-state index contributed by atoms with van der Waals surface area (Å²) in [5.74, 6) is 0.695. The summed E-state index contributed by atoms with van der Waals surface area (Å²) in [6.45, 7) is 11.7. The Hall–Kier alpha value is -0.0831. The molecule has 2 heteroatoms. The van der Waals surface area contributed by atoms with Crippen molar-refractivity contribution in [3.63, 3.8) is 0 Å². The molecule has 1 aromatic heterocycles. The lowest BCUT2D eigenvalue weighted by molar-refractivity contribution is 0.890. The van der Waals surface area contributed by atoms with Gasteiger partial charge in [-0.1, -0.05) is 39.6 Å². The average molecular weight is 198 g/mol. The molecule has 68 valence electrons. The smallest absolute Gasteiger partial charge is 0.0904 e. The van der Waals surface area contributed by atoms with E-state index in [9.17, 15) is 0 Å². The monoisotopic (exact) mass is 198 g/mol. The Labute approximate surface area is 80.6 Å². The molecule has 0 saturated carbocycles. The minimum atomic E-state index is -1.04. The summed E-state index contributed by atoms with van der Waals surface area (Å²) in [4.78, 5) is 1.53. The van der Waals surface area contributed by atoms with Crippen LogP contribution in [0.2, 0.25) is 19.6 Å². The third kappa shape index (κ3) is 2.20. The van der Waals surface area contributed by atoms with Crippen molar-refractivity contribution in [3.05, 3.63) is 17.0 Å². The summed E-state index contributed by atoms with van der Waals surface area (Å²) in [6.07, 6.45) is 0. The highest BCUT2D eigenvalue weighted by Gasteiger charge is 2.18. The predicted octanol–water partition coefficient (Wildman–Crippen LogP) is 3.42. The van der Waals surface area contributed by atoms with Crippen LogP contribution in [0.15, 0.2) is 12.1 Å². The van der Waals surface area contributed by atoms with E-state index < -0.39 is 8.07 Å². The first-order valence-corrected chi connectivity index (χ1v) is 8.83. The maximum atomic E-state index is 2.41. The molecule has 0 fully saturated rings. The highest BCUT2D eigenvalue weighted by atomic mass is 32.1. The molecule has 0 saturated heterocycles. The second kappa shape index (κ2) is 3.34.